The summed E-state index contributed by atoms with van der Waals surface area (Å²) in [5.74, 6) is -0.962. The number of carbonyl (C=O) groups excluding carboxylic acids is 2. The second-order valence-electron chi connectivity index (χ2n) is 2.88. The van der Waals surface area contributed by atoms with Crippen LogP contribution in [-0.4, -0.2) is 18.8 Å². The molecule has 1 amide bonds. The van der Waals surface area contributed by atoms with Gasteiger partial charge in [0.2, 0.25) is 5.78 Å². The molecule has 0 aliphatic carbocycles. The molecule has 0 aliphatic rings. The second-order valence-corrected chi connectivity index (χ2v) is 2.88. The van der Waals surface area contributed by atoms with Gasteiger partial charge in [-0.25, -0.2) is 0 Å². The molecule has 1 aromatic carbocycles. The summed E-state index contributed by atoms with van der Waals surface area (Å²) in [5.41, 5.74) is 5.95. The second kappa shape index (κ2) is 3.91. The van der Waals surface area contributed by atoms with Crippen molar-refractivity contribution in [2.45, 2.75) is 6.92 Å². The highest BCUT2D eigenvalue weighted by molar-refractivity contribution is 6.42. The average molecular weight is 193 g/mol. The summed E-state index contributed by atoms with van der Waals surface area (Å²) < 4.78 is 5.01. The molecule has 14 heavy (non-hydrogen) atoms. The lowest BCUT2D eigenvalue weighted by Crippen LogP contribution is -2.23. The van der Waals surface area contributed by atoms with Crippen molar-refractivity contribution in [3.63, 3.8) is 0 Å². The molecule has 0 fully saturated rings. The zero-order valence-corrected chi connectivity index (χ0v) is 8.03. The molecule has 0 saturated heterocycles. The van der Waals surface area contributed by atoms with E-state index in [1.165, 1.54) is 13.2 Å². The minimum Gasteiger partial charge on any atom is -0.496 e. The van der Waals surface area contributed by atoms with Crippen LogP contribution in [0.3, 0.4) is 0 Å². The highest BCUT2D eigenvalue weighted by atomic mass is 16.5. The standard InChI is InChI=1S/C10H11NO3/c1-6-5-7(9(12)10(11)13)3-4-8(6)14-2/h3-5H,1-2H3,(H2,11,13). The predicted octanol–water partition coefficient (Wildman–Crippen LogP) is 0.672. The van der Waals surface area contributed by atoms with Crippen molar-refractivity contribution in [3.05, 3.63) is 29.3 Å². The summed E-state index contributed by atoms with van der Waals surface area (Å²) >= 11 is 0. The SMILES string of the molecule is COc1ccc(C(=O)C(N)=O)cc1C. The summed E-state index contributed by atoms with van der Waals surface area (Å²) in [6.45, 7) is 1.79. The molecule has 1 aromatic rings. The van der Waals surface area contributed by atoms with Crippen LogP contribution in [0, 0.1) is 6.92 Å². The third-order valence-corrected chi connectivity index (χ3v) is 1.88. The minimum absolute atomic E-state index is 0.288. The third-order valence-electron chi connectivity index (χ3n) is 1.88. The summed E-state index contributed by atoms with van der Waals surface area (Å²) in [5, 5.41) is 0. The minimum atomic E-state index is -0.949. The van der Waals surface area contributed by atoms with Crippen molar-refractivity contribution in [2.24, 2.45) is 5.73 Å². The lowest BCUT2D eigenvalue weighted by molar-refractivity contribution is -0.114. The largest absolute Gasteiger partial charge is 0.496 e. The highest BCUT2D eigenvalue weighted by Gasteiger charge is 2.12. The molecule has 0 aliphatic heterocycles. The fourth-order valence-corrected chi connectivity index (χ4v) is 1.16. The van der Waals surface area contributed by atoms with E-state index in [0.29, 0.717) is 5.75 Å². The Morgan fingerprint density at radius 3 is 2.43 bits per heavy atom. The van der Waals surface area contributed by atoms with Crippen molar-refractivity contribution in [1.82, 2.24) is 0 Å². The summed E-state index contributed by atoms with van der Waals surface area (Å²) in [6.07, 6.45) is 0. The van der Waals surface area contributed by atoms with Crippen LogP contribution < -0.4 is 10.5 Å². The Kier molecular flexibility index (Phi) is 2.86. The van der Waals surface area contributed by atoms with Gasteiger partial charge >= 0.3 is 0 Å². The van der Waals surface area contributed by atoms with Gasteiger partial charge in [-0.05, 0) is 30.7 Å². The lowest BCUT2D eigenvalue weighted by Gasteiger charge is -2.05. The molecule has 1 rings (SSSR count). The zero-order chi connectivity index (χ0) is 10.7. The van der Waals surface area contributed by atoms with Crippen molar-refractivity contribution >= 4 is 11.7 Å². The van der Waals surface area contributed by atoms with Gasteiger partial charge in [-0.3, -0.25) is 9.59 Å². The van der Waals surface area contributed by atoms with Crippen molar-refractivity contribution in [2.75, 3.05) is 7.11 Å². The molecule has 0 bridgehead atoms. The maximum atomic E-state index is 11.2. The molecule has 0 aromatic heterocycles. The first-order chi connectivity index (χ1) is 6.56. The Balaban J connectivity index is 3.09. The van der Waals surface area contributed by atoms with Gasteiger partial charge in [-0.1, -0.05) is 0 Å². The number of ether oxygens (including phenoxy) is 1. The van der Waals surface area contributed by atoms with E-state index in [2.05, 4.69) is 0 Å². The molecule has 2 N–H and O–H groups in total. The first-order valence-corrected chi connectivity index (χ1v) is 4.05. The van der Waals surface area contributed by atoms with Crippen LogP contribution in [0.15, 0.2) is 18.2 Å². The number of amides is 1. The van der Waals surface area contributed by atoms with Crippen LogP contribution in [0.4, 0.5) is 0 Å². The van der Waals surface area contributed by atoms with E-state index in [1.807, 2.05) is 0 Å². The number of hydrogen-bond acceptors (Lipinski definition) is 3. The van der Waals surface area contributed by atoms with Crippen LogP contribution in [0.5, 0.6) is 5.75 Å². The van der Waals surface area contributed by atoms with Gasteiger partial charge in [0, 0.05) is 5.56 Å². The smallest absolute Gasteiger partial charge is 0.289 e. The molecule has 74 valence electrons. The third kappa shape index (κ3) is 1.90. The Labute approximate surface area is 81.7 Å². The molecule has 4 heteroatoms. The Morgan fingerprint density at radius 2 is 2.00 bits per heavy atom. The van der Waals surface area contributed by atoms with E-state index in [1.54, 1.807) is 19.1 Å². The molecular weight excluding hydrogens is 182 g/mol. The topological polar surface area (TPSA) is 69.4 Å². The number of ketones is 1. The van der Waals surface area contributed by atoms with Gasteiger partial charge in [0.25, 0.3) is 5.91 Å². The Bertz CT molecular complexity index is 385. The predicted molar refractivity (Wildman–Crippen MR) is 51.3 cm³/mol. The number of benzene rings is 1. The van der Waals surface area contributed by atoms with Gasteiger partial charge in [0.15, 0.2) is 0 Å². The van der Waals surface area contributed by atoms with Crippen molar-refractivity contribution in [1.29, 1.82) is 0 Å². The molecule has 0 unspecified atom stereocenters. The zero-order valence-electron chi connectivity index (χ0n) is 8.03. The van der Waals surface area contributed by atoms with E-state index < -0.39 is 11.7 Å². The Hall–Kier alpha value is -1.84. The maximum absolute atomic E-state index is 11.2. The fourth-order valence-electron chi connectivity index (χ4n) is 1.16. The van der Waals surface area contributed by atoms with Gasteiger partial charge in [-0.2, -0.15) is 0 Å². The summed E-state index contributed by atoms with van der Waals surface area (Å²) in [4.78, 5) is 21.8. The molecule has 0 heterocycles. The van der Waals surface area contributed by atoms with Crippen LogP contribution in [0.25, 0.3) is 0 Å². The fraction of sp³-hybridized carbons (Fsp3) is 0.200. The molecular formula is C10H11NO3. The van der Waals surface area contributed by atoms with E-state index in [4.69, 9.17) is 10.5 Å². The number of methoxy groups -OCH3 is 1. The lowest BCUT2D eigenvalue weighted by atomic mass is 10.1. The van der Waals surface area contributed by atoms with Crippen LogP contribution in [-0.2, 0) is 4.79 Å². The van der Waals surface area contributed by atoms with Crippen LogP contribution >= 0.6 is 0 Å². The van der Waals surface area contributed by atoms with Crippen LogP contribution in [0.1, 0.15) is 15.9 Å². The van der Waals surface area contributed by atoms with Crippen LogP contribution in [0.2, 0.25) is 0 Å². The Morgan fingerprint density at radius 1 is 1.36 bits per heavy atom. The van der Waals surface area contributed by atoms with Crippen molar-refractivity contribution < 1.29 is 14.3 Å². The number of primary amides is 1. The molecule has 0 atom stereocenters. The number of aryl methyl sites for hydroxylation is 1. The summed E-state index contributed by atoms with van der Waals surface area (Å²) in [7, 11) is 1.54. The molecule has 0 radical (unpaired) electrons. The van der Waals surface area contributed by atoms with Gasteiger partial charge < -0.3 is 10.5 Å². The number of hydrogen-bond donors (Lipinski definition) is 1. The first kappa shape index (κ1) is 10.2. The number of rotatable bonds is 3. The van der Waals surface area contributed by atoms with Gasteiger partial charge in [0.1, 0.15) is 5.75 Å². The average Bonchev–Trinajstić information content (AvgIpc) is 2.16. The van der Waals surface area contributed by atoms with E-state index in [0.717, 1.165) is 5.56 Å². The van der Waals surface area contributed by atoms with E-state index in [9.17, 15) is 9.59 Å². The first-order valence-electron chi connectivity index (χ1n) is 4.05. The highest BCUT2D eigenvalue weighted by Crippen LogP contribution is 2.18. The number of Topliss-reactive ketones (excluding diaryl/α,β-unsaturated/α-hetero) is 1. The molecule has 0 saturated carbocycles. The van der Waals surface area contributed by atoms with Crippen molar-refractivity contribution in [3.8, 4) is 5.75 Å². The quantitative estimate of drug-likeness (QED) is 0.566. The van der Waals surface area contributed by atoms with Gasteiger partial charge in [0.05, 0.1) is 7.11 Å². The molecule has 0 spiro atoms. The molecule has 4 nitrogen and oxygen atoms in total. The van der Waals surface area contributed by atoms with E-state index >= 15 is 0 Å². The monoisotopic (exact) mass is 193 g/mol. The normalized spacial score (nSPS) is 9.57. The van der Waals surface area contributed by atoms with Gasteiger partial charge in [-0.15, -0.1) is 0 Å². The maximum Gasteiger partial charge on any atom is 0.289 e. The van der Waals surface area contributed by atoms with E-state index in [-0.39, 0.29) is 5.56 Å². The number of nitrogens with two attached hydrogens (primary N) is 1. The number of carbonyl (C=O) groups is 2. The summed E-state index contributed by atoms with van der Waals surface area (Å²) in [6, 6.07) is 4.72.